The van der Waals surface area contributed by atoms with E-state index in [1.165, 1.54) is 0 Å². The number of nitriles is 1. The fraction of sp³-hybridized carbons (Fsp3) is 0.429. The second kappa shape index (κ2) is 7.59. The summed E-state index contributed by atoms with van der Waals surface area (Å²) in [7, 11) is 0. The van der Waals surface area contributed by atoms with E-state index in [1.807, 2.05) is 43.3 Å². The molecule has 2 N–H and O–H groups in total. The lowest BCUT2D eigenvalue weighted by molar-refractivity contribution is -0.125. The molecule has 2 atom stereocenters. The first-order valence-corrected chi connectivity index (χ1v) is 6.02. The monoisotopic (exact) mass is 246 g/mol. The lowest BCUT2D eigenvalue weighted by atomic mass is 10.0. The molecular formula is C14H18N2O2. The lowest BCUT2D eigenvalue weighted by Crippen LogP contribution is -2.36. The number of Topliss-reactive ketones (excluding diaryl/α,β-unsaturated/α-hetero) is 1. The zero-order valence-corrected chi connectivity index (χ0v) is 10.5. The second-order valence-corrected chi connectivity index (χ2v) is 4.08. The first-order chi connectivity index (χ1) is 8.69. The summed E-state index contributed by atoms with van der Waals surface area (Å²) in [6.45, 7) is 2.20. The number of rotatable bonds is 7. The number of nitrogens with zero attached hydrogens (tertiary/aromatic N) is 1. The third-order valence-electron chi connectivity index (χ3n) is 2.60. The molecule has 0 radical (unpaired) electrons. The van der Waals surface area contributed by atoms with Gasteiger partial charge in [0.2, 0.25) is 0 Å². The van der Waals surface area contributed by atoms with Gasteiger partial charge in [-0.1, -0.05) is 37.3 Å². The summed E-state index contributed by atoms with van der Waals surface area (Å²) < 4.78 is 5.38. The van der Waals surface area contributed by atoms with Gasteiger partial charge in [-0.25, -0.2) is 0 Å². The van der Waals surface area contributed by atoms with Gasteiger partial charge in [0.25, 0.3) is 0 Å². The smallest absolute Gasteiger partial charge is 0.154 e. The molecule has 0 saturated carbocycles. The van der Waals surface area contributed by atoms with Gasteiger partial charge in [0, 0.05) is 6.42 Å². The van der Waals surface area contributed by atoms with Crippen molar-refractivity contribution in [1.82, 2.24) is 0 Å². The summed E-state index contributed by atoms with van der Waals surface area (Å²) in [5.41, 5.74) is 6.71. The highest BCUT2D eigenvalue weighted by Crippen LogP contribution is 2.10. The Bertz CT molecular complexity index is 412. The number of carbonyl (C=O) groups excluding carboxylic acids is 1. The quantitative estimate of drug-likeness (QED) is 0.746. The Morgan fingerprint density at radius 2 is 2.11 bits per heavy atom. The van der Waals surface area contributed by atoms with Gasteiger partial charge in [-0.15, -0.1) is 0 Å². The minimum Gasteiger partial charge on any atom is -0.357 e. The third-order valence-corrected chi connectivity index (χ3v) is 2.60. The van der Waals surface area contributed by atoms with Crippen molar-refractivity contribution in [3.8, 4) is 6.07 Å². The zero-order chi connectivity index (χ0) is 13.4. The van der Waals surface area contributed by atoms with Gasteiger partial charge in [-0.2, -0.15) is 5.26 Å². The Labute approximate surface area is 107 Å². The van der Waals surface area contributed by atoms with Crippen molar-refractivity contribution in [3.05, 3.63) is 35.9 Å². The van der Waals surface area contributed by atoms with Crippen molar-refractivity contribution in [2.24, 2.45) is 11.7 Å². The normalized spacial score (nSPS) is 13.6. The summed E-state index contributed by atoms with van der Waals surface area (Å²) in [4.78, 5) is 11.6. The van der Waals surface area contributed by atoms with Crippen LogP contribution >= 0.6 is 0 Å². The van der Waals surface area contributed by atoms with Crippen LogP contribution in [0, 0.1) is 17.2 Å². The molecule has 4 heteroatoms. The predicted molar refractivity (Wildman–Crippen MR) is 68.2 cm³/mol. The average Bonchev–Trinajstić information content (AvgIpc) is 2.39. The van der Waals surface area contributed by atoms with Gasteiger partial charge in [0.05, 0.1) is 12.7 Å². The lowest BCUT2D eigenvalue weighted by Gasteiger charge is -2.17. The highest BCUT2D eigenvalue weighted by molar-refractivity contribution is 5.83. The number of benzene rings is 1. The van der Waals surface area contributed by atoms with Crippen LogP contribution in [0.2, 0.25) is 0 Å². The third kappa shape index (κ3) is 4.28. The highest BCUT2D eigenvalue weighted by Gasteiger charge is 2.25. The van der Waals surface area contributed by atoms with Crippen LogP contribution < -0.4 is 5.73 Å². The van der Waals surface area contributed by atoms with Crippen LogP contribution in [0.5, 0.6) is 0 Å². The molecule has 96 valence electrons. The Hall–Kier alpha value is -1.70. The van der Waals surface area contributed by atoms with E-state index in [1.54, 1.807) is 0 Å². The Balaban J connectivity index is 2.51. The molecule has 1 rings (SSSR count). The summed E-state index contributed by atoms with van der Waals surface area (Å²) in [5.74, 6) is -1.03. The van der Waals surface area contributed by atoms with E-state index < -0.39 is 12.1 Å². The van der Waals surface area contributed by atoms with E-state index in [2.05, 4.69) is 0 Å². The van der Waals surface area contributed by atoms with Crippen molar-refractivity contribution in [2.75, 3.05) is 0 Å². The number of ketones is 1. The molecule has 0 aliphatic rings. The summed E-state index contributed by atoms with van der Waals surface area (Å²) in [5, 5.41) is 8.96. The Morgan fingerprint density at radius 3 is 2.67 bits per heavy atom. The first-order valence-electron chi connectivity index (χ1n) is 6.02. The molecular weight excluding hydrogens is 228 g/mol. The molecule has 0 bridgehead atoms. The number of hydrogen-bond acceptors (Lipinski definition) is 4. The molecule has 0 saturated heterocycles. The minimum absolute atomic E-state index is 0.152. The molecule has 1 aromatic rings. The van der Waals surface area contributed by atoms with Gasteiger partial charge in [0.15, 0.2) is 5.78 Å². The molecule has 0 aliphatic heterocycles. The fourth-order valence-corrected chi connectivity index (χ4v) is 1.59. The summed E-state index contributed by atoms with van der Waals surface area (Å²) in [6, 6.07) is 11.4. The highest BCUT2D eigenvalue weighted by atomic mass is 16.5. The van der Waals surface area contributed by atoms with Crippen LogP contribution in [0.4, 0.5) is 0 Å². The molecule has 0 fully saturated rings. The van der Waals surface area contributed by atoms with Crippen LogP contribution in [-0.4, -0.2) is 12.0 Å². The fourth-order valence-electron chi connectivity index (χ4n) is 1.59. The maximum absolute atomic E-state index is 11.6. The van der Waals surface area contributed by atoms with E-state index in [0.717, 1.165) is 5.56 Å². The van der Waals surface area contributed by atoms with E-state index >= 15 is 0 Å². The van der Waals surface area contributed by atoms with Gasteiger partial charge in [-0.3, -0.25) is 4.79 Å². The van der Waals surface area contributed by atoms with Gasteiger partial charge in [-0.05, 0) is 12.0 Å². The van der Waals surface area contributed by atoms with Crippen molar-refractivity contribution in [3.63, 3.8) is 0 Å². The molecule has 2 unspecified atom stereocenters. The van der Waals surface area contributed by atoms with Crippen molar-refractivity contribution in [2.45, 2.75) is 32.6 Å². The number of hydrogen-bond donors (Lipinski definition) is 1. The van der Waals surface area contributed by atoms with Crippen molar-refractivity contribution < 1.29 is 9.53 Å². The maximum Gasteiger partial charge on any atom is 0.154 e. The largest absolute Gasteiger partial charge is 0.357 e. The van der Waals surface area contributed by atoms with Gasteiger partial charge < -0.3 is 10.5 Å². The van der Waals surface area contributed by atoms with E-state index in [0.29, 0.717) is 19.4 Å². The summed E-state index contributed by atoms with van der Waals surface area (Å²) >= 11 is 0. The molecule has 0 heterocycles. The van der Waals surface area contributed by atoms with Crippen molar-refractivity contribution in [1.29, 1.82) is 5.26 Å². The van der Waals surface area contributed by atoms with E-state index in [4.69, 9.17) is 15.7 Å². The number of carbonyl (C=O) groups is 1. The van der Waals surface area contributed by atoms with Crippen LogP contribution in [0.1, 0.15) is 25.3 Å². The SMILES string of the molecule is CCCC(=O)C(C#N)C(N)OCc1ccccc1. The van der Waals surface area contributed by atoms with Crippen LogP contribution in [-0.2, 0) is 16.1 Å². The van der Waals surface area contributed by atoms with Gasteiger partial charge >= 0.3 is 0 Å². The van der Waals surface area contributed by atoms with E-state index in [-0.39, 0.29) is 5.78 Å². The number of ether oxygens (including phenoxy) is 1. The predicted octanol–water partition coefficient (Wildman–Crippen LogP) is 2.00. The minimum atomic E-state index is -0.881. The Kier molecular flexibility index (Phi) is 6.06. The molecule has 0 aliphatic carbocycles. The second-order valence-electron chi connectivity index (χ2n) is 4.08. The molecule has 0 aromatic heterocycles. The standard InChI is InChI=1S/C14H18N2O2/c1-2-6-13(17)12(9-15)14(16)18-10-11-7-4-3-5-8-11/h3-5,7-8,12,14H,2,6,10,16H2,1H3. The van der Waals surface area contributed by atoms with Crippen LogP contribution in [0.3, 0.4) is 0 Å². The topological polar surface area (TPSA) is 76.1 Å². The molecule has 18 heavy (non-hydrogen) atoms. The molecule has 0 spiro atoms. The van der Waals surface area contributed by atoms with Crippen LogP contribution in [0.15, 0.2) is 30.3 Å². The average molecular weight is 246 g/mol. The Morgan fingerprint density at radius 1 is 1.44 bits per heavy atom. The van der Waals surface area contributed by atoms with Crippen molar-refractivity contribution >= 4 is 5.78 Å². The van der Waals surface area contributed by atoms with Crippen LogP contribution in [0.25, 0.3) is 0 Å². The zero-order valence-electron chi connectivity index (χ0n) is 10.5. The number of nitrogens with two attached hydrogens (primary N) is 1. The maximum atomic E-state index is 11.6. The van der Waals surface area contributed by atoms with Gasteiger partial charge in [0.1, 0.15) is 12.1 Å². The molecule has 0 amide bonds. The first kappa shape index (κ1) is 14.4. The molecule has 4 nitrogen and oxygen atoms in total. The molecule has 1 aromatic carbocycles. The van der Waals surface area contributed by atoms with E-state index in [9.17, 15) is 4.79 Å². The summed E-state index contributed by atoms with van der Waals surface area (Å²) in [6.07, 6.45) is 0.206.